The van der Waals surface area contributed by atoms with E-state index in [1.807, 2.05) is 34.9 Å². The predicted molar refractivity (Wildman–Crippen MR) is 173 cm³/mol. The van der Waals surface area contributed by atoms with Gasteiger partial charge in [-0.1, -0.05) is 71.9 Å². The summed E-state index contributed by atoms with van der Waals surface area (Å²) < 4.78 is 37.7. The lowest BCUT2D eigenvalue weighted by Crippen LogP contribution is -2.43. The third-order valence-corrected chi connectivity index (χ3v) is 13.7. The molecule has 0 spiro atoms. The first-order valence-electron chi connectivity index (χ1n) is 15.4. The van der Waals surface area contributed by atoms with Crippen LogP contribution in [0.4, 0.5) is 13.6 Å². The maximum Gasteiger partial charge on any atom is 0.407 e. The molecule has 3 atom stereocenters. The van der Waals surface area contributed by atoms with Crippen LogP contribution < -0.4 is 5.32 Å². The Hall–Kier alpha value is -3.08. The highest BCUT2D eigenvalue weighted by Gasteiger charge is 2.41. The number of hydrogen-bond acceptors (Lipinski definition) is 4. The molecule has 1 aliphatic rings. The second-order valence-electron chi connectivity index (χ2n) is 14.7. The Labute approximate surface area is 261 Å². The van der Waals surface area contributed by atoms with Gasteiger partial charge >= 0.3 is 6.09 Å². The fourth-order valence-corrected chi connectivity index (χ4v) is 6.56. The van der Waals surface area contributed by atoms with Gasteiger partial charge in [0.2, 0.25) is 0 Å². The van der Waals surface area contributed by atoms with Crippen molar-refractivity contribution in [2.45, 2.75) is 72.3 Å². The molecular weight excluding hydrogens is 578 g/mol. The molecular formula is C34H48F2N4O3Si. The van der Waals surface area contributed by atoms with Crippen molar-refractivity contribution in [2.75, 3.05) is 26.2 Å². The van der Waals surface area contributed by atoms with E-state index in [1.165, 1.54) is 11.0 Å². The predicted octanol–water partition coefficient (Wildman–Crippen LogP) is 7.80. The summed E-state index contributed by atoms with van der Waals surface area (Å²) in [4.78, 5) is 18.4. The molecule has 10 heteroatoms. The Morgan fingerprint density at radius 3 is 2.34 bits per heavy atom. The first-order chi connectivity index (χ1) is 20.5. The SMILES string of the molecule is CC(C)(C)[C@@H](NCC1CN(C(=O)O)CC1CO[Si](C)(C)C(C)(C)C)c1nc(-c2cc(F)ccc2F)cn1Cc1ccccc1. The molecule has 0 saturated carbocycles. The summed E-state index contributed by atoms with van der Waals surface area (Å²) in [6, 6.07) is 13.1. The van der Waals surface area contributed by atoms with Gasteiger partial charge in [0.1, 0.15) is 17.5 Å². The van der Waals surface area contributed by atoms with Gasteiger partial charge in [-0.3, -0.25) is 0 Å². The average molecular weight is 627 g/mol. The topological polar surface area (TPSA) is 79.6 Å². The molecule has 1 aromatic heterocycles. The number of rotatable bonds is 10. The number of halogens is 2. The molecule has 1 fully saturated rings. The lowest BCUT2D eigenvalue weighted by molar-refractivity contribution is 0.151. The molecule has 2 heterocycles. The van der Waals surface area contributed by atoms with E-state index in [-0.39, 0.29) is 33.9 Å². The number of nitrogens with zero attached hydrogens (tertiary/aromatic N) is 3. The summed E-state index contributed by atoms with van der Waals surface area (Å²) in [5.74, 6) is -0.261. The molecule has 4 rings (SSSR count). The van der Waals surface area contributed by atoms with Crippen molar-refractivity contribution in [1.29, 1.82) is 0 Å². The van der Waals surface area contributed by atoms with Crippen LogP contribution in [0.2, 0.25) is 18.1 Å². The van der Waals surface area contributed by atoms with Crippen molar-refractivity contribution in [2.24, 2.45) is 17.3 Å². The van der Waals surface area contributed by atoms with Crippen LogP contribution in [0.15, 0.2) is 54.7 Å². The van der Waals surface area contributed by atoms with Gasteiger partial charge in [-0.2, -0.15) is 0 Å². The van der Waals surface area contributed by atoms with Crippen LogP contribution in [0.5, 0.6) is 0 Å². The third-order valence-electron chi connectivity index (χ3n) is 9.23. The Balaban J connectivity index is 1.65. The van der Waals surface area contributed by atoms with Crippen LogP contribution in [0, 0.1) is 28.9 Å². The van der Waals surface area contributed by atoms with Crippen molar-refractivity contribution in [3.05, 3.63) is 77.8 Å². The molecule has 2 aromatic carbocycles. The molecule has 7 nitrogen and oxygen atoms in total. The lowest BCUT2D eigenvalue weighted by Gasteiger charge is -2.37. The fourth-order valence-electron chi connectivity index (χ4n) is 5.49. The zero-order chi connectivity index (χ0) is 32.4. The summed E-state index contributed by atoms with van der Waals surface area (Å²) in [6.07, 6.45) is 0.871. The highest BCUT2D eigenvalue weighted by atomic mass is 28.4. The maximum absolute atomic E-state index is 14.9. The molecule has 1 amide bonds. The Morgan fingerprint density at radius 2 is 1.73 bits per heavy atom. The molecule has 1 aliphatic heterocycles. The Bertz CT molecular complexity index is 1430. The molecule has 3 aromatic rings. The van der Waals surface area contributed by atoms with Crippen LogP contribution in [0.25, 0.3) is 11.3 Å². The van der Waals surface area contributed by atoms with Gasteiger partial charge in [0, 0.05) is 50.5 Å². The van der Waals surface area contributed by atoms with E-state index in [0.29, 0.717) is 44.3 Å². The Morgan fingerprint density at radius 1 is 1.07 bits per heavy atom. The van der Waals surface area contributed by atoms with Gasteiger partial charge in [-0.05, 0) is 53.2 Å². The summed E-state index contributed by atoms with van der Waals surface area (Å²) in [7, 11) is -2.02. The standard InChI is InChI=1S/C34H48F2N4O3Si/c1-33(2,3)30(37-17-24-19-40(32(41)42)20-25(24)22-43-44(7,8)34(4,5)6)31-38-29(27-16-26(35)14-15-28(27)36)21-39(31)18-23-12-10-9-11-13-23/h9-16,21,24-25,30,37H,17-20,22H2,1-8H3,(H,41,42)/t24?,25?,30-/m0/s1. The smallest absolute Gasteiger partial charge is 0.407 e. The van der Waals surface area contributed by atoms with Crippen LogP contribution in [0.1, 0.15) is 59.0 Å². The van der Waals surface area contributed by atoms with Crippen LogP contribution in [0.3, 0.4) is 0 Å². The van der Waals surface area contributed by atoms with Gasteiger partial charge in [-0.15, -0.1) is 0 Å². The molecule has 0 bridgehead atoms. The molecule has 2 N–H and O–H groups in total. The molecule has 1 saturated heterocycles. The van der Waals surface area contributed by atoms with Gasteiger partial charge in [0.15, 0.2) is 8.32 Å². The zero-order valence-corrected chi connectivity index (χ0v) is 28.3. The van der Waals surface area contributed by atoms with Gasteiger partial charge < -0.3 is 24.3 Å². The molecule has 240 valence electrons. The number of amides is 1. The largest absolute Gasteiger partial charge is 0.465 e. The monoisotopic (exact) mass is 626 g/mol. The first kappa shape index (κ1) is 33.8. The van der Waals surface area contributed by atoms with Crippen molar-refractivity contribution in [3.63, 3.8) is 0 Å². The highest BCUT2D eigenvalue weighted by Crippen LogP contribution is 2.39. The van der Waals surface area contributed by atoms with Crippen molar-refractivity contribution in [3.8, 4) is 11.3 Å². The van der Waals surface area contributed by atoms with Crippen molar-refractivity contribution in [1.82, 2.24) is 19.8 Å². The number of carbonyl (C=O) groups is 1. The second kappa shape index (κ2) is 13.1. The number of benzene rings is 2. The highest BCUT2D eigenvalue weighted by molar-refractivity contribution is 6.74. The van der Waals surface area contributed by atoms with E-state index in [9.17, 15) is 18.7 Å². The summed E-state index contributed by atoms with van der Waals surface area (Å²) in [6.45, 7) is 19.8. The number of nitrogens with one attached hydrogen (secondary N) is 1. The Kier molecular flexibility index (Phi) is 10.1. The number of carboxylic acid groups (broad SMARTS) is 1. The summed E-state index contributed by atoms with van der Waals surface area (Å²) in [5, 5.41) is 13.6. The zero-order valence-electron chi connectivity index (χ0n) is 27.3. The van der Waals surface area contributed by atoms with E-state index in [0.717, 1.165) is 17.7 Å². The van der Waals surface area contributed by atoms with Crippen LogP contribution in [-0.2, 0) is 11.0 Å². The number of hydrogen-bond donors (Lipinski definition) is 2. The third kappa shape index (κ3) is 7.95. The quantitative estimate of drug-likeness (QED) is 0.225. The minimum Gasteiger partial charge on any atom is -0.465 e. The van der Waals surface area contributed by atoms with Crippen LogP contribution >= 0.6 is 0 Å². The van der Waals surface area contributed by atoms with E-state index < -0.39 is 26.0 Å². The number of aromatic nitrogens is 2. The van der Waals surface area contributed by atoms with Crippen molar-refractivity contribution < 1.29 is 23.1 Å². The normalized spacial score (nSPS) is 18.5. The van der Waals surface area contributed by atoms with Crippen LogP contribution in [-0.4, -0.2) is 60.2 Å². The van der Waals surface area contributed by atoms with E-state index >= 15 is 0 Å². The van der Waals surface area contributed by atoms with E-state index in [1.54, 1.807) is 6.20 Å². The summed E-state index contributed by atoms with van der Waals surface area (Å²) >= 11 is 0. The molecule has 2 unspecified atom stereocenters. The number of likely N-dealkylation sites (tertiary alicyclic amines) is 1. The summed E-state index contributed by atoms with van der Waals surface area (Å²) in [5.41, 5.74) is 1.22. The van der Waals surface area contributed by atoms with Gasteiger partial charge in [0.25, 0.3) is 0 Å². The van der Waals surface area contributed by atoms with Gasteiger partial charge in [-0.25, -0.2) is 18.6 Å². The molecule has 44 heavy (non-hydrogen) atoms. The van der Waals surface area contributed by atoms with E-state index in [2.05, 4.69) is 60.0 Å². The number of imidazole rings is 1. The van der Waals surface area contributed by atoms with Gasteiger partial charge in [0.05, 0.1) is 11.7 Å². The minimum atomic E-state index is -2.02. The van der Waals surface area contributed by atoms with E-state index in [4.69, 9.17) is 9.41 Å². The van der Waals surface area contributed by atoms with Crippen molar-refractivity contribution >= 4 is 14.4 Å². The molecule has 0 radical (unpaired) electrons. The molecule has 0 aliphatic carbocycles. The lowest BCUT2D eigenvalue weighted by atomic mass is 9.85. The maximum atomic E-state index is 14.9. The first-order valence-corrected chi connectivity index (χ1v) is 18.3. The fraction of sp³-hybridized carbons (Fsp3) is 0.529. The second-order valence-corrected chi connectivity index (χ2v) is 19.5. The average Bonchev–Trinajstić information content (AvgIpc) is 3.53. The minimum absolute atomic E-state index is 0.0402.